The minimum absolute atomic E-state index is 0.0235. The Labute approximate surface area is 156 Å². The first-order chi connectivity index (χ1) is 12.3. The zero-order valence-electron chi connectivity index (χ0n) is 15.9. The maximum Gasteiger partial charge on any atom is 0.243 e. The van der Waals surface area contributed by atoms with Crippen LogP contribution in [0.4, 0.5) is 0 Å². The molecule has 1 saturated heterocycles. The van der Waals surface area contributed by atoms with Crippen LogP contribution >= 0.6 is 0 Å². The Hall–Kier alpha value is -1.48. The number of rotatable bonds is 8. The Morgan fingerprint density at radius 3 is 2.35 bits per heavy atom. The molecule has 2 rings (SSSR count). The molecule has 1 atom stereocenters. The van der Waals surface area contributed by atoms with Crippen molar-refractivity contribution in [3.05, 3.63) is 29.8 Å². The highest BCUT2D eigenvalue weighted by molar-refractivity contribution is 7.89. The first-order valence-electron chi connectivity index (χ1n) is 9.12. The number of hydrogen-bond acceptors (Lipinski definition) is 5. The number of piperazine rings is 1. The fraction of sp³-hybridized carbons (Fsp3) is 0.611. The summed E-state index contributed by atoms with van der Waals surface area (Å²) in [6.45, 7) is 9.66. The minimum Gasteiger partial charge on any atom is -0.353 e. The summed E-state index contributed by atoms with van der Waals surface area (Å²) in [5, 5.41) is 6.16. The van der Waals surface area contributed by atoms with Crippen molar-refractivity contribution in [2.75, 3.05) is 45.8 Å². The molecule has 8 heteroatoms. The number of benzene rings is 1. The average molecular weight is 383 g/mol. The van der Waals surface area contributed by atoms with Gasteiger partial charge in [0.1, 0.15) is 0 Å². The summed E-state index contributed by atoms with van der Waals surface area (Å²) in [6, 6.07) is 7.15. The van der Waals surface area contributed by atoms with E-state index in [2.05, 4.69) is 10.6 Å². The predicted molar refractivity (Wildman–Crippen MR) is 103 cm³/mol. The minimum atomic E-state index is -3.46. The van der Waals surface area contributed by atoms with Crippen LogP contribution in [-0.2, 0) is 14.8 Å². The molecular weight excluding hydrogens is 352 g/mol. The van der Waals surface area contributed by atoms with Gasteiger partial charge >= 0.3 is 0 Å². The molecule has 0 spiro atoms. The second-order valence-electron chi connectivity index (χ2n) is 6.76. The molecule has 1 amide bonds. The van der Waals surface area contributed by atoms with Gasteiger partial charge in [-0.3, -0.25) is 9.69 Å². The van der Waals surface area contributed by atoms with Crippen LogP contribution in [0, 0.1) is 6.92 Å². The van der Waals surface area contributed by atoms with Gasteiger partial charge in [-0.1, -0.05) is 24.6 Å². The summed E-state index contributed by atoms with van der Waals surface area (Å²) in [5.74, 6) is -0.0235. The molecule has 146 valence electrons. The first kappa shape index (κ1) is 20.8. The van der Waals surface area contributed by atoms with E-state index in [1.54, 1.807) is 12.1 Å². The second-order valence-corrected chi connectivity index (χ2v) is 8.69. The third kappa shape index (κ3) is 5.77. The van der Waals surface area contributed by atoms with Crippen LogP contribution in [0.25, 0.3) is 0 Å². The molecule has 1 aromatic carbocycles. The lowest BCUT2D eigenvalue weighted by molar-refractivity contribution is -0.122. The van der Waals surface area contributed by atoms with Crippen molar-refractivity contribution in [2.24, 2.45) is 0 Å². The normalized spacial score (nSPS) is 17.8. The van der Waals surface area contributed by atoms with E-state index in [0.29, 0.717) is 44.2 Å². The van der Waals surface area contributed by atoms with Crippen LogP contribution in [0.3, 0.4) is 0 Å². The molecule has 0 unspecified atom stereocenters. The molecule has 7 nitrogen and oxygen atoms in total. The Morgan fingerprint density at radius 1 is 1.15 bits per heavy atom. The number of nitrogens with one attached hydrogen (secondary N) is 2. The van der Waals surface area contributed by atoms with Gasteiger partial charge in [-0.25, -0.2) is 8.42 Å². The molecule has 1 heterocycles. The van der Waals surface area contributed by atoms with Gasteiger partial charge in [-0.2, -0.15) is 4.31 Å². The van der Waals surface area contributed by atoms with Gasteiger partial charge < -0.3 is 10.6 Å². The zero-order chi connectivity index (χ0) is 19.2. The molecule has 1 aliphatic heterocycles. The van der Waals surface area contributed by atoms with Gasteiger partial charge in [0.2, 0.25) is 15.9 Å². The summed E-state index contributed by atoms with van der Waals surface area (Å²) in [5.41, 5.74) is 1.03. The lowest BCUT2D eigenvalue weighted by Crippen LogP contribution is -2.51. The fourth-order valence-electron chi connectivity index (χ4n) is 2.93. The number of hydrogen-bond donors (Lipinski definition) is 2. The van der Waals surface area contributed by atoms with E-state index in [1.165, 1.54) is 4.31 Å². The SMILES string of the molecule is CCN[C@H](C)CNC(=O)CN1CCN(S(=O)(=O)c2ccc(C)cc2)CC1. The number of carbonyl (C=O) groups excluding carboxylic acids is 1. The van der Waals surface area contributed by atoms with Crippen molar-refractivity contribution in [3.63, 3.8) is 0 Å². The summed E-state index contributed by atoms with van der Waals surface area (Å²) in [6.07, 6.45) is 0. The summed E-state index contributed by atoms with van der Waals surface area (Å²) < 4.78 is 26.9. The number of likely N-dealkylation sites (N-methyl/N-ethyl adjacent to an activating group) is 1. The van der Waals surface area contributed by atoms with Gasteiger partial charge in [0.05, 0.1) is 11.4 Å². The molecule has 1 aromatic rings. The highest BCUT2D eigenvalue weighted by Gasteiger charge is 2.28. The highest BCUT2D eigenvalue weighted by atomic mass is 32.2. The summed E-state index contributed by atoms with van der Waals surface area (Å²) in [7, 11) is -3.46. The Kier molecular flexibility index (Phi) is 7.57. The van der Waals surface area contributed by atoms with Crippen molar-refractivity contribution < 1.29 is 13.2 Å². The van der Waals surface area contributed by atoms with E-state index >= 15 is 0 Å². The summed E-state index contributed by atoms with van der Waals surface area (Å²) in [4.78, 5) is 14.4. The first-order valence-corrected chi connectivity index (χ1v) is 10.6. The predicted octanol–water partition coefficient (Wildman–Crippen LogP) is 0.416. The van der Waals surface area contributed by atoms with Crippen molar-refractivity contribution in [1.82, 2.24) is 19.8 Å². The van der Waals surface area contributed by atoms with Crippen LogP contribution < -0.4 is 10.6 Å². The number of aryl methyl sites for hydroxylation is 1. The molecule has 2 N–H and O–H groups in total. The van der Waals surface area contributed by atoms with E-state index in [1.807, 2.05) is 37.8 Å². The monoisotopic (exact) mass is 382 g/mol. The maximum atomic E-state index is 12.7. The number of nitrogens with zero attached hydrogens (tertiary/aromatic N) is 2. The lowest BCUT2D eigenvalue weighted by Gasteiger charge is -2.33. The van der Waals surface area contributed by atoms with E-state index in [9.17, 15) is 13.2 Å². The summed E-state index contributed by atoms with van der Waals surface area (Å²) >= 11 is 0. The van der Waals surface area contributed by atoms with Gasteiger partial charge in [0.15, 0.2) is 0 Å². The highest BCUT2D eigenvalue weighted by Crippen LogP contribution is 2.18. The van der Waals surface area contributed by atoms with E-state index in [4.69, 9.17) is 0 Å². The molecule has 0 bridgehead atoms. The lowest BCUT2D eigenvalue weighted by atomic mass is 10.2. The fourth-order valence-corrected chi connectivity index (χ4v) is 4.36. The third-order valence-electron chi connectivity index (χ3n) is 4.52. The van der Waals surface area contributed by atoms with Gasteiger partial charge in [0.25, 0.3) is 0 Å². The Balaban J connectivity index is 1.81. The molecule has 0 saturated carbocycles. The number of amides is 1. The second kappa shape index (κ2) is 9.45. The van der Waals surface area contributed by atoms with Crippen molar-refractivity contribution in [3.8, 4) is 0 Å². The largest absolute Gasteiger partial charge is 0.353 e. The molecular formula is C18H30N4O3S. The molecule has 26 heavy (non-hydrogen) atoms. The molecule has 1 aliphatic rings. The van der Waals surface area contributed by atoms with Crippen LogP contribution in [-0.4, -0.2) is 75.4 Å². The standard InChI is InChI=1S/C18H30N4O3S/c1-4-19-16(3)13-20-18(23)14-21-9-11-22(12-10-21)26(24,25)17-7-5-15(2)6-8-17/h5-8,16,19H,4,9-14H2,1-3H3,(H,20,23)/t16-/m1/s1. The molecule has 0 aromatic heterocycles. The third-order valence-corrected chi connectivity index (χ3v) is 6.43. The molecule has 0 aliphatic carbocycles. The Bertz CT molecular complexity index is 683. The Morgan fingerprint density at radius 2 is 1.77 bits per heavy atom. The van der Waals surface area contributed by atoms with E-state index < -0.39 is 10.0 Å². The molecule has 1 fully saturated rings. The van der Waals surface area contributed by atoms with Crippen LogP contribution in [0.15, 0.2) is 29.2 Å². The van der Waals surface area contributed by atoms with Gasteiger partial charge in [-0.15, -0.1) is 0 Å². The van der Waals surface area contributed by atoms with Gasteiger partial charge in [0, 0.05) is 38.8 Å². The van der Waals surface area contributed by atoms with Crippen molar-refractivity contribution in [1.29, 1.82) is 0 Å². The maximum absolute atomic E-state index is 12.7. The quantitative estimate of drug-likeness (QED) is 0.681. The van der Waals surface area contributed by atoms with Crippen LogP contribution in [0.2, 0.25) is 0 Å². The molecule has 0 radical (unpaired) electrons. The van der Waals surface area contributed by atoms with Crippen LogP contribution in [0.5, 0.6) is 0 Å². The number of sulfonamides is 1. The van der Waals surface area contributed by atoms with E-state index in [-0.39, 0.29) is 11.9 Å². The number of carbonyl (C=O) groups is 1. The van der Waals surface area contributed by atoms with E-state index in [0.717, 1.165) is 12.1 Å². The van der Waals surface area contributed by atoms with Crippen molar-refractivity contribution >= 4 is 15.9 Å². The smallest absolute Gasteiger partial charge is 0.243 e. The van der Waals surface area contributed by atoms with Gasteiger partial charge in [-0.05, 0) is 32.5 Å². The van der Waals surface area contributed by atoms with Crippen molar-refractivity contribution in [2.45, 2.75) is 31.7 Å². The average Bonchev–Trinajstić information content (AvgIpc) is 2.61. The topological polar surface area (TPSA) is 81.8 Å². The van der Waals surface area contributed by atoms with Crippen LogP contribution in [0.1, 0.15) is 19.4 Å². The zero-order valence-corrected chi connectivity index (χ0v) is 16.7.